The molecule has 1 aromatic carbocycles. The second kappa shape index (κ2) is 4.41. The fourth-order valence-electron chi connectivity index (χ4n) is 2.13. The molecule has 3 aromatic rings. The molecule has 0 bridgehead atoms. The lowest BCUT2D eigenvalue weighted by atomic mass is 10.1. The highest BCUT2D eigenvalue weighted by Crippen LogP contribution is 2.27. The van der Waals surface area contributed by atoms with Crippen molar-refractivity contribution in [2.45, 2.75) is 0 Å². The molecule has 0 aliphatic heterocycles. The van der Waals surface area contributed by atoms with Crippen LogP contribution in [0, 0.1) is 5.95 Å². The van der Waals surface area contributed by atoms with Gasteiger partial charge in [0.25, 0.3) is 0 Å². The number of esters is 1. The maximum atomic E-state index is 13.2. The summed E-state index contributed by atoms with van der Waals surface area (Å²) in [5.74, 6) is -0.949. The molecule has 0 radical (unpaired) electrons. The average molecular weight is 271 g/mol. The first-order valence-electron chi connectivity index (χ1n) is 5.84. The first kappa shape index (κ1) is 12.3. The molecule has 6 heteroatoms. The third-order valence-electron chi connectivity index (χ3n) is 3.05. The molecule has 3 rings (SSSR count). The van der Waals surface area contributed by atoms with Gasteiger partial charge in [-0.1, -0.05) is 6.07 Å². The van der Waals surface area contributed by atoms with Gasteiger partial charge in [-0.3, -0.25) is 0 Å². The topological polar surface area (TPSA) is 78.1 Å². The zero-order chi connectivity index (χ0) is 14.3. The maximum Gasteiger partial charge on any atom is 0.337 e. The van der Waals surface area contributed by atoms with Crippen LogP contribution in [0.5, 0.6) is 0 Å². The summed E-state index contributed by atoms with van der Waals surface area (Å²) in [5, 5.41) is 1.43. The van der Waals surface area contributed by atoms with E-state index in [1.54, 1.807) is 24.3 Å². The smallest absolute Gasteiger partial charge is 0.337 e. The van der Waals surface area contributed by atoms with Gasteiger partial charge in [0.2, 0.25) is 5.95 Å². The SMILES string of the molecule is COC(=O)c1ccc2c(c1)nc(N)c1nc(F)ccc12. The number of nitrogens with zero attached hydrogens (tertiary/aromatic N) is 2. The van der Waals surface area contributed by atoms with Crippen LogP contribution in [0.25, 0.3) is 21.8 Å². The standard InChI is InChI=1S/C14H10FN3O2/c1-20-14(19)7-2-3-8-9-4-5-11(15)18-12(9)13(16)17-10(8)6-7/h2-6H,1H3,(H2,16,17). The highest BCUT2D eigenvalue weighted by atomic mass is 19.1. The second-order valence-corrected chi connectivity index (χ2v) is 4.25. The molecular formula is C14H10FN3O2. The quantitative estimate of drug-likeness (QED) is 0.417. The predicted molar refractivity (Wildman–Crippen MR) is 72.8 cm³/mol. The average Bonchev–Trinajstić information content (AvgIpc) is 2.46. The van der Waals surface area contributed by atoms with Gasteiger partial charge >= 0.3 is 5.97 Å². The minimum Gasteiger partial charge on any atom is -0.465 e. The van der Waals surface area contributed by atoms with Crippen LogP contribution in [-0.4, -0.2) is 23.0 Å². The first-order chi connectivity index (χ1) is 9.60. The van der Waals surface area contributed by atoms with Gasteiger partial charge in [0, 0.05) is 10.8 Å². The number of carbonyl (C=O) groups is 1. The van der Waals surface area contributed by atoms with Crippen LogP contribution in [0.4, 0.5) is 10.2 Å². The molecule has 20 heavy (non-hydrogen) atoms. The van der Waals surface area contributed by atoms with Crippen LogP contribution >= 0.6 is 0 Å². The maximum absolute atomic E-state index is 13.2. The van der Waals surface area contributed by atoms with Crippen LogP contribution in [0.1, 0.15) is 10.4 Å². The molecule has 0 saturated heterocycles. The Morgan fingerprint density at radius 2 is 1.95 bits per heavy atom. The van der Waals surface area contributed by atoms with Gasteiger partial charge < -0.3 is 10.5 Å². The summed E-state index contributed by atoms with van der Waals surface area (Å²) in [5.41, 5.74) is 7.01. The van der Waals surface area contributed by atoms with Crippen molar-refractivity contribution in [2.75, 3.05) is 12.8 Å². The number of carbonyl (C=O) groups excluding carboxylic acids is 1. The lowest BCUT2D eigenvalue weighted by Gasteiger charge is -2.07. The number of methoxy groups -OCH3 is 1. The second-order valence-electron chi connectivity index (χ2n) is 4.25. The molecule has 0 aliphatic rings. The molecule has 0 atom stereocenters. The van der Waals surface area contributed by atoms with Crippen molar-refractivity contribution < 1.29 is 13.9 Å². The number of ether oxygens (including phenoxy) is 1. The van der Waals surface area contributed by atoms with Crippen molar-refractivity contribution in [3.63, 3.8) is 0 Å². The monoisotopic (exact) mass is 271 g/mol. The number of nitrogen functional groups attached to an aromatic ring is 1. The molecule has 5 nitrogen and oxygen atoms in total. The van der Waals surface area contributed by atoms with Crippen molar-refractivity contribution in [1.82, 2.24) is 9.97 Å². The summed E-state index contributed by atoms with van der Waals surface area (Å²) in [4.78, 5) is 19.4. The number of hydrogen-bond acceptors (Lipinski definition) is 5. The van der Waals surface area contributed by atoms with Crippen LogP contribution in [0.3, 0.4) is 0 Å². The highest BCUT2D eigenvalue weighted by Gasteiger charge is 2.11. The highest BCUT2D eigenvalue weighted by molar-refractivity contribution is 6.09. The van der Waals surface area contributed by atoms with Gasteiger partial charge in [-0.05, 0) is 24.3 Å². The fourth-order valence-corrected chi connectivity index (χ4v) is 2.13. The number of nitrogens with two attached hydrogens (primary N) is 1. The number of hydrogen-bond donors (Lipinski definition) is 1. The Morgan fingerprint density at radius 3 is 2.70 bits per heavy atom. The van der Waals surface area contributed by atoms with Gasteiger partial charge in [-0.15, -0.1) is 0 Å². The van der Waals surface area contributed by atoms with Crippen LogP contribution in [0.2, 0.25) is 0 Å². The predicted octanol–water partition coefficient (Wildman–Crippen LogP) is 2.29. The van der Waals surface area contributed by atoms with E-state index in [-0.39, 0.29) is 5.82 Å². The van der Waals surface area contributed by atoms with Crippen LogP contribution < -0.4 is 5.73 Å². The van der Waals surface area contributed by atoms with Crippen LogP contribution in [0.15, 0.2) is 30.3 Å². The van der Waals surface area contributed by atoms with Gasteiger partial charge in [0.15, 0.2) is 5.82 Å². The molecule has 0 amide bonds. The van der Waals surface area contributed by atoms with E-state index in [0.717, 1.165) is 5.39 Å². The van der Waals surface area contributed by atoms with Gasteiger partial charge in [0.05, 0.1) is 18.2 Å². The lowest BCUT2D eigenvalue weighted by molar-refractivity contribution is 0.0601. The van der Waals surface area contributed by atoms with Gasteiger partial charge in [-0.2, -0.15) is 4.39 Å². The van der Waals surface area contributed by atoms with E-state index in [4.69, 9.17) is 5.73 Å². The van der Waals surface area contributed by atoms with Crippen molar-refractivity contribution >= 4 is 33.6 Å². The number of pyridine rings is 2. The number of fused-ring (bicyclic) bond motifs is 3. The molecule has 100 valence electrons. The van der Waals surface area contributed by atoms with E-state index >= 15 is 0 Å². The number of aromatic nitrogens is 2. The number of benzene rings is 1. The Kier molecular flexibility index (Phi) is 2.71. The Bertz CT molecular complexity index is 849. The Morgan fingerprint density at radius 1 is 1.20 bits per heavy atom. The van der Waals surface area contributed by atoms with Gasteiger partial charge in [-0.25, -0.2) is 14.8 Å². The number of halogens is 1. The van der Waals surface area contributed by atoms with Crippen molar-refractivity contribution in [2.24, 2.45) is 0 Å². The molecule has 2 aromatic heterocycles. The van der Waals surface area contributed by atoms with Gasteiger partial charge in [0.1, 0.15) is 5.52 Å². The van der Waals surface area contributed by atoms with Crippen molar-refractivity contribution in [3.05, 3.63) is 41.8 Å². The van der Waals surface area contributed by atoms with E-state index in [1.165, 1.54) is 13.2 Å². The molecule has 0 fully saturated rings. The minimum absolute atomic E-state index is 0.119. The first-order valence-corrected chi connectivity index (χ1v) is 5.84. The molecule has 0 spiro atoms. The zero-order valence-electron chi connectivity index (χ0n) is 10.6. The summed E-state index contributed by atoms with van der Waals surface area (Å²) in [7, 11) is 1.31. The molecular weight excluding hydrogens is 261 g/mol. The van der Waals surface area contributed by atoms with E-state index in [9.17, 15) is 9.18 Å². The molecule has 2 N–H and O–H groups in total. The van der Waals surface area contributed by atoms with E-state index < -0.39 is 11.9 Å². The number of anilines is 1. The summed E-state index contributed by atoms with van der Waals surface area (Å²) < 4.78 is 17.8. The van der Waals surface area contributed by atoms with Crippen LogP contribution in [-0.2, 0) is 4.74 Å². The lowest BCUT2D eigenvalue weighted by Crippen LogP contribution is -2.02. The van der Waals surface area contributed by atoms with E-state index in [0.29, 0.717) is 22.0 Å². The molecule has 0 unspecified atom stereocenters. The zero-order valence-corrected chi connectivity index (χ0v) is 10.6. The van der Waals surface area contributed by atoms with E-state index in [1.807, 2.05) is 0 Å². The Labute approximate surface area is 113 Å². The minimum atomic E-state index is -0.614. The third kappa shape index (κ3) is 1.82. The Balaban J connectivity index is 2.36. The van der Waals surface area contributed by atoms with E-state index in [2.05, 4.69) is 14.7 Å². The summed E-state index contributed by atoms with van der Waals surface area (Å²) in [6, 6.07) is 7.77. The fraction of sp³-hybridized carbons (Fsp3) is 0.0714. The summed E-state index contributed by atoms with van der Waals surface area (Å²) in [6.07, 6.45) is 0. The van der Waals surface area contributed by atoms with Crippen molar-refractivity contribution in [3.8, 4) is 0 Å². The number of rotatable bonds is 1. The largest absolute Gasteiger partial charge is 0.465 e. The Hall–Kier alpha value is -2.76. The third-order valence-corrected chi connectivity index (χ3v) is 3.05. The normalized spacial score (nSPS) is 10.9. The summed E-state index contributed by atoms with van der Waals surface area (Å²) >= 11 is 0. The molecule has 0 saturated carbocycles. The molecule has 0 aliphatic carbocycles. The molecule has 2 heterocycles. The summed E-state index contributed by atoms with van der Waals surface area (Å²) in [6.45, 7) is 0. The van der Waals surface area contributed by atoms with Crippen molar-refractivity contribution in [1.29, 1.82) is 0 Å².